The summed E-state index contributed by atoms with van der Waals surface area (Å²) in [5.74, 6) is -2.26. The van der Waals surface area contributed by atoms with E-state index in [9.17, 15) is 14.4 Å². The van der Waals surface area contributed by atoms with Crippen LogP contribution >= 0.6 is 0 Å². The zero-order valence-corrected chi connectivity index (χ0v) is 18.2. The van der Waals surface area contributed by atoms with E-state index in [4.69, 9.17) is 18.7 Å². The number of carboxylic acids is 1. The van der Waals surface area contributed by atoms with Crippen molar-refractivity contribution in [3.05, 3.63) is 95.6 Å². The Morgan fingerprint density at radius 2 is 1.66 bits per heavy atom. The number of hydrogen-bond acceptors (Lipinski definition) is 7. The maximum Gasteiger partial charge on any atom is 0.411 e. The first kappa shape index (κ1) is 22.0. The van der Waals surface area contributed by atoms with Gasteiger partial charge >= 0.3 is 12.1 Å². The predicted octanol–water partition coefficient (Wildman–Crippen LogP) is 4.26. The van der Waals surface area contributed by atoms with Crippen molar-refractivity contribution in [3.63, 3.8) is 0 Å². The molecule has 3 N–H and O–H groups in total. The summed E-state index contributed by atoms with van der Waals surface area (Å²) in [6, 6.07) is 17.4. The summed E-state index contributed by atoms with van der Waals surface area (Å²) in [5, 5.41) is 14.1. The predicted molar refractivity (Wildman–Crippen MR) is 122 cm³/mol. The highest BCUT2D eigenvalue weighted by atomic mass is 16.5. The average Bonchev–Trinajstić information content (AvgIpc) is 3.59. The Balaban J connectivity index is 1.22. The van der Waals surface area contributed by atoms with E-state index in [2.05, 4.69) is 15.6 Å². The number of aromatic carboxylic acids is 1. The van der Waals surface area contributed by atoms with Crippen LogP contribution in [0.5, 0.6) is 0 Å². The number of anilines is 1. The molecule has 35 heavy (non-hydrogen) atoms. The van der Waals surface area contributed by atoms with Gasteiger partial charge in [-0.1, -0.05) is 48.5 Å². The second kappa shape index (κ2) is 9.18. The molecule has 0 atom stereocenters. The number of carbonyl (C=O) groups is 3. The SMILES string of the molecule is O=C(Nc1ccoc1C(=O)NCc1ocnc1C(=O)O)OCC1c2ccccc2-c2ccccc21. The Morgan fingerprint density at radius 3 is 2.34 bits per heavy atom. The molecule has 2 heterocycles. The molecule has 2 amide bonds. The third kappa shape index (κ3) is 4.24. The Bertz CT molecular complexity index is 1380. The lowest BCUT2D eigenvalue weighted by Crippen LogP contribution is -2.25. The molecule has 0 bridgehead atoms. The van der Waals surface area contributed by atoms with Crippen molar-refractivity contribution < 1.29 is 33.1 Å². The molecule has 4 aromatic rings. The molecular formula is C25H19N3O7. The summed E-state index contributed by atoms with van der Waals surface area (Å²) >= 11 is 0. The van der Waals surface area contributed by atoms with Crippen molar-refractivity contribution in [1.29, 1.82) is 0 Å². The zero-order valence-electron chi connectivity index (χ0n) is 18.2. The lowest BCUT2D eigenvalue weighted by atomic mass is 9.98. The van der Waals surface area contributed by atoms with Crippen molar-refractivity contribution in [1.82, 2.24) is 10.3 Å². The molecule has 10 heteroatoms. The largest absolute Gasteiger partial charge is 0.476 e. The third-order valence-corrected chi connectivity index (χ3v) is 5.70. The number of hydrogen-bond donors (Lipinski definition) is 3. The van der Waals surface area contributed by atoms with Crippen LogP contribution in [0.3, 0.4) is 0 Å². The van der Waals surface area contributed by atoms with Crippen LogP contribution in [0.15, 0.2) is 76.1 Å². The van der Waals surface area contributed by atoms with E-state index in [1.54, 1.807) is 0 Å². The van der Waals surface area contributed by atoms with E-state index in [1.165, 1.54) is 12.3 Å². The van der Waals surface area contributed by atoms with Gasteiger partial charge in [-0.3, -0.25) is 10.1 Å². The molecule has 2 aromatic heterocycles. The van der Waals surface area contributed by atoms with Crippen LogP contribution in [0.4, 0.5) is 10.5 Å². The highest BCUT2D eigenvalue weighted by molar-refractivity contribution is 6.00. The van der Waals surface area contributed by atoms with Crippen LogP contribution in [0.25, 0.3) is 11.1 Å². The van der Waals surface area contributed by atoms with Gasteiger partial charge in [-0.15, -0.1) is 0 Å². The monoisotopic (exact) mass is 473 g/mol. The first-order chi connectivity index (χ1) is 17.0. The minimum absolute atomic E-state index is 0.0246. The number of fused-ring (bicyclic) bond motifs is 3. The molecule has 1 aliphatic carbocycles. The number of amides is 2. The number of carbonyl (C=O) groups excluding carboxylic acids is 2. The van der Waals surface area contributed by atoms with Crippen LogP contribution < -0.4 is 10.6 Å². The number of ether oxygens (including phenoxy) is 1. The molecule has 2 aromatic carbocycles. The molecule has 0 saturated carbocycles. The first-order valence-electron chi connectivity index (χ1n) is 10.7. The first-order valence-corrected chi connectivity index (χ1v) is 10.7. The summed E-state index contributed by atoms with van der Waals surface area (Å²) in [6.45, 7) is -0.117. The van der Waals surface area contributed by atoms with Gasteiger partial charge in [-0.2, -0.15) is 0 Å². The average molecular weight is 473 g/mol. The van der Waals surface area contributed by atoms with Gasteiger partial charge in [-0.25, -0.2) is 14.6 Å². The van der Waals surface area contributed by atoms with Gasteiger partial charge in [0.1, 0.15) is 6.61 Å². The van der Waals surface area contributed by atoms with E-state index >= 15 is 0 Å². The van der Waals surface area contributed by atoms with Crippen LogP contribution in [-0.4, -0.2) is 34.7 Å². The number of nitrogens with one attached hydrogen (secondary N) is 2. The van der Waals surface area contributed by atoms with Gasteiger partial charge in [0.15, 0.2) is 17.8 Å². The molecule has 10 nitrogen and oxygen atoms in total. The number of oxazole rings is 1. The lowest BCUT2D eigenvalue weighted by molar-refractivity contribution is 0.0687. The molecule has 176 valence electrons. The quantitative estimate of drug-likeness (QED) is 0.361. The standard InChI is InChI=1S/C25H19N3O7/c29-23(26-11-20-21(24(30)31)27-13-35-20)22-19(9-10-33-22)28-25(32)34-12-18-16-7-3-1-5-14(16)15-6-2-4-8-17(15)18/h1-10,13,18H,11-12H2,(H,26,29)(H,28,32)(H,30,31). The minimum atomic E-state index is -1.28. The summed E-state index contributed by atoms with van der Waals surface area (Å²) in [6.07, 6.45) is 1.47. The van der Waals surface area contributed by atoms with Gasteiger partial charge < -0.3 is 24.0 Å². The van der Waals surface area contributed by atoms with Gasteiger partial charge in [0.2, 0.25) is 5.76 Å². The Hall–Kier alpha value is -4.86. The fourth-order valence-corrected chi connectivity index (χ4v) is 4.14. The third-order valence-electron chi connectivity index (χ3n) is 5.70. The fourth-order valence-electron chi connectivity index (χ4n) is 4.14. The van der Waals surface area contributed by atoms with Crippen LogP contribution in [-0.2, 0) is 11.3 Å². The van der Waals surface area contributed by atoms with Gasteiger partial charge in [0, 0.05) is 12.0 Å². The lowest BCUT2D eigenvalue weighted by Gasteiger charge is -2.14. The minimum Gasteiger partial charge on any atom is -0.476 e. The van der Waals surface area contributed by atoms with Crippen LogP contribution in [0.2, 0.25) is 0 Å². The molecule has 5 rings (SSSR count). The van der Waals surface area contributed by atoms with E-state index in [0.717, 1.165) is 28.6 Å². The maximum absolute atomic E-state index is 12.5. The fraction of sp³-hybridized carbons (Fsp3) is 0.120. The topological polar surface area (TPSA) is 144 Å². The smallest absolute Gasteiger partial charge is 0.411 e. The van der Waals surface area contributed by atoms with E-state index in [1.807, 2.05) is 48.5 Å². The Kier molecular flexibility index (Phi) is 5.76. The van der Waals surface area contributed by atoms with Crippen molar-refractivity contribution in [2.75, 3.05) is 11.9 Å². The van der Waals surface area contributed by atoms with E-state index in [0.29, 0.717) is 0 Å². The van der Waals surface area contributed by atoms with E-state index < -0.39 is 18.0 Å². The van der Waals surface area contributed by atoms with Gasteiger partial charge in [0.05, 0.1) is 18.5 Å². The summed E-state index contributed by atoms with van der Waals surface area (Å²) in [4.78, 5) is 39.7. The zero-order chi connectivity index (χ0) is 24.4. The van der Waals surface area contributed by atoms with Crippen LogP contribution in [0, 0.1) is 0 Å². The van der Waals surface area contributed by atoms with Crippen molar-refractivity contribution in [2.24, 2.45) is 0 Å². The number of aromatic nitrogens is 1. The summed E-state index contributed by atoms with van der Waals surface area (Å²) < 4.78 is 15.7. The summed E-state index contributed by atoms with van der Waals surface area (Å²) in [7, 11) is 0. The second-order valence-electron chi connectivity index (χ2n) is 7.73. The second-order valence-corrected chi connectivity index (χ2v) is 7.73. The molecule has 0 spiro atoms. The number of nitrogens with zero attached hydrogens (tertiary/aromatic N) is 1. The number of carboxylic acid groups (broad SMARTS) is 1. The maximum atomic E-state index is 12.5. The normalized spacial score (nSPS) is 12.0. The van der Waals surface area contributed by atoms with E-state index in [-0.39, 0.29) is 42.0 Å². The molecule has 0 saturated heterocycles. The molecule has 0 aliphatic heterocycles. The molecule has 0 fully saturated rings. The van der Waals surface area contributed by atoms with Crippen molar-refractivity contribution in [3.8, 4) is 11.1 Å². The Morgan fingerprint density at radius 1 is 0.971 bits per heavy atom. The number of benzene rings is 2. The highest BCUT2D eigenvalue weighted by Crippen LogP contribution is 2.44. The molecule has 1 aliphatic rings. The van der Waals surface area contributed by atoms with Crippen LogP contribution in [0.1, 0.15) is 43.8 Å². The van der Waals surface area contributed by atoms with Crippen molar-refractivity contribution >= 4 is 23.7 Å². The molecular weight excluding hydrogens is 454 g/mol. The number of rotatable bonds is 7. The number of furan rings is 1. The van der Waals surface area contributed by atoms with Gasteiger partial charge in [-0.05, 0) is 22.3 Å². The van der Waals surface area contributed by atoms with Gasteiger partial charge in [0.25, 0.3) is 5.91 Å². The Labute approximate surface area is 198 Å². The highest BCUT2D eigenvalue weighted by Gasteiger charge is 2.29. The molecule has 0 radical (unpaired) electrons. The van der Waals surface area contributed by atoms with Crippen molar-refractivity contribution in [2.45, 2.75) is 12.5 Å². The molecule has 0 unspecified atom stereocenters. The summed E-state index contributed by atoms with van der Waals surface area (Å²) in [5.41, 5.74) is 4.20.